The van der Waals surface area contributed by atoms with Crippen LogP contribution < -0.4 is 5.73 Å². The Morgan fingerprint density at radius 2 is 1.89 bits per heavy atom. The van der Waals surface area contributed by atoms with Crippen LogP contribution in [0.25, 0.3) is 0 Å². The van der Waals surface area contributed by atoms with Gasteiger partial charge in [-0.25, -0.2) is 0 Å². The van der Waals surface area contributed by atoms with Crippen molar-refractivity contribution < 1.29 is 0 Å². The van der Waals surface area contributed by atoms with E-state index in [0.717, 1.165) is 24.3 Å². The molecule has 0 radical (unpaired) electrons. The summed E-state index contributed by atoms with van der Waals surface area (Å²) < 4.78 is 2.11. The average Bonchev–Trinajstić information content (AvgIpc) is 2.93. The average molecular weight is 260 g/mol. The summed E-state index contributed by atoms with van der Waals surface area (Å²) in [5, 5.41) is 9.15. The minimum absolute atomic E-state index is 0.553. The van der Waals surface area contributed by atoms with Crippen LogP contribution in [-0.4, -0.2) is 29.1 Å². The first-order valence-corrected chi connectivity index (χ1v) is 7.12. The number of likely N-dealkylation sites (tertiary alicyclic amines) is 1. The lowest BCUT2D eigenvalue weighted by atomic mass is 10.1. The first-order chi connectivity index (χ1) is 9.04. The SMILES string of the molecule is Cc1c(C#N)c(N)n(CC(C)CN2CCCC2)c1C. The van der Waals surface area contributed by atoms with Gasteiger partial charge < -0.3 is 15.2 Å². The fourth-order valence-electron chi connectivity index (χ4n) is 3.04. The van der Waals surface area contributed by atoms with Crippen molar-refractivity contribution in [3.05, 3.63) is 16.8 Å². The zero-order valence-corrected chi connectivity index (χ0v) is 12.2. The maximum absolute atomic E-state index is 9.15. The van der Waals surface area contributed by atoms with Gasteiger partial charge in [0.2, 0.25) is 0 Å². The van der Waals surface area contributed by atoms with E-state index in [4.69, 9.17) is 11.0 Å². The molecule has 1 atom stereocenters. The first-order valence-electron chi connectivity index (χ1n) is 7.12. The molecule has 1 aliphatic rings. The monoisotopic (exact) mass is 260 g/mol. The van der Waals surface area contributed by atoms with E-state index >= 15 is 0 Å². The van der Waals surface area contributed by atoms with Crippen LogP contribution in [0.4, 0.5) is 5.82 Å². The van der Waals surface area contributed by atoms with Crippen molar-refractivity contribution in [2.75, 3.05) is 25.4 Å². The second-order valence-corrected chi connectivity index (χ2v) is 5.81. The number of nitrogens with two attached hydrogens (primary N) is 1. The van der Waals surface area contributed by atoms with Gasteiger partial charge in [-0.1, -0.05) is 6.92 Å². The minimum Gasteiger partial charge on any atom is -0.384 e. The number of anilines is 1. The van der Waals surface area contributed by atoms with Crippen molar-refractivity contribution in [3.63, 3.8) is 0 Å². The summed E-state index contributed by atoms with van der Waals surface area (Å²) in [7, 11) is 0. The predicted octanol–water partition coefficient (Wildman–Crippen LogP) is 2.29. The summed E-state index contributed by atoms with van der Waals surface area (Å²) in [6.07, 6.45) is 2.66. The molecule has 4 heteroatoms. The van der Waals surface area contributed by atoms with E-state index in [0.29, 0.717) is 17.3 Å². The molecule has 2 heterocycles. The Kier molecular flexibility index (Phi) is 4.16. The Hall–Kier alpha value is -1.47. The summed E-state index contributed by atoms with van der Waals surface area (Å²) in [6.45, 7) is 10.8. The molecule has 0 aromatic carbocycles. The Balaban J connectivity index is 2.08. The van der Waals surface area contributed by atoms with E-state index in [1.165, 1.54) is 25.9 Å². The van der Waals surface area contributed by atoms with Gasteiger partial charge in [-0.2, -0.15) is 5.26 Å². The molecule has 4 nitrogen and oxygen atoms in total. The highest BCUT2D eigenvalue weighted by Crippen LogP contribution is 2.25. The van der Waals surface area contributed by atoms with E-state index < -0.39 is 0 Å². The van der Waals surface area contributed by atoms with Crippen molar-refractivity contribution >= 4 is 5.82 Å². The van der Waals surface area contributed by atoms with Gasteiger partial charge in [0, 0.05) is 18.8 Å². The lowest BCUT2D eigenvalue weighted by molar-refractivity contribution is 0.271. The van der Waals surface area contributed by atoms with Crippen LogP contribution >= 0.6 is 0 Å². The molecule has 104 valence electrons. The number of hydrogen-bond donors (Lipinski definition) is 1. The molecule has 1 aromatic heterocycles. The first kappa shape index (κ1) is 14.0. The Bertz CT molecular complexity index is 489. The molecule has 2 rings (SSSR count). The summed E-state index contributed by atoms with van der Waals surface area (Å²) in [5.41, 5.74) is 8.89. The third kappa shape index (κ3) is 2.76. The van der Waals surface area contributed by atoms with Crippen molar-refractivity contribution in [2.24, 2.45) is 5.92 Å². The summed E-state index contributed by atoms with van der Waals surface area (Å²) in [4.78, 5) is 2.53. The Morgan fingerprint density at radius 3 is 2.42 bits per heavy atom. The highest BCUT2D eigenvalue weighted by Gasteiger charge is 2.19. The van der Waals surface area contributed by atoms with Gasteiger partial charge >= 0.3 is 0 Å². The highest BCUT2D eigenvalue weighted by atomic mass is 15.1. The van der Waals surface area contributed by atoms with Gasteiger partial charge in [-0.15, -0.1) is 0 Å². The van der Waals surface area contributed by atoms with Crippen LogP contribution in [0, 0.1) is 31.1 Å². The predicted molar refractivity (Wildman–Crippen MR) is 77.9 cm³/mol. The summed E-state index contributed by atoms with van der Waals surface area (Å²) in [5.74, 6) is 1.18. The summed E-state index contributed by atoms with van der Waals surface area (Å²) >= 11 is 0. The topological polar surface area (TPSA) is 58.0 Å². The van der Waals surface area contributed by atoms with E-state index in [-0.39, 0.29) is 0 Å². The van der Waals surface area contributed by atoms with Gasteiger partial charge in [0.05, 0.1) is 5.56 Å². The van der Waals surface area contributed by atoms with Crippen LogP contribution in [0.15, 0.2) is 0 Å². The Morgan fingerprint density at radius 1 is 1.26 bits per heavy atom. The highest BCUT2D eigenvalue weighted by molar-refractivity contribution is 5.57. The standard InChI is InChI=1S/C15H24N4/c1-11(9-18-6-4-5-7-18)10-19-13(3)12(2)14(8-16)15(19)17/h11H,4-7,9-10,17H2,1-3H3. The molecular formula is C15H24N4. The van der Waals surface area contributed by atoms with Gasteiger partial charge in [0.1, 0.15) is 11.9 Å². The van der Waals surface area contributed by atoms with E-state index in [1.54, 1.807) is 0 Å². The molecule has 1 aromatic rings. The van der Waals surface area contributed by atoms with Gasteiger partial charge in [-0.05, 0) is 51.3 Å². The largest absolute Gasteiger partial charge is 0.384 e. The van der Waals surface area contributed by atoms with Crippen molar-refractivity contribution in [1.29, 1.82) is 5.26 Å². The fourth-order valence-corrected chi connectivity index (χ4v) is 3.04. The number of rotatable bonds is 4. The number of aromatic nitrogens is 1. The quantitative estimate of drug-likeness (QED) is 0.903. The van der Waals surface area contributed by atoms with Crippen molar-refractivity contribution in [2.45, 2.75) is 40.2 Å². The second kappa shape index (κ2) is 5.66. The smallest absolute Gasteiger partial charge is 0.122 e. The lowest BCUT2D eigenvalue weighted by Gasteiger charge is -2.22. The molecule has 0 saturated carbocycles. The van der Waals surface area contributed by atoms with Crippen molar-refractivity contribution in [3.8, 4) is 6.07 Å². The third-order valence-electron chi connectivity index (χ3n) is 4.24. The van der Waals surface area contributed by atoms with E-state index in [2.05, 4.69) is 29.4 Å². The zero-order chi connectivity index (χ0) is 14.0. The molecule has 1 aliphatic heterocycles. The molecule has 0 bridgehead atoms. The van der Waals surface area contributed by atoms with Crippen LogP contribution in [-0.2, 0) is 6.54 Å². The normalized spacial score (nSPS) is 17.6. The maximum Gasteiger partial charge on any atom is 0.122 e. The Labute approximate surface area is 115 Å². The van der Waals surface area contributed by atoms with Gasteiger partial charge in [0.25, 0.3) is 0 Å². The summed E-state index contributed by atoms with van der Waals surface area (Å²) in [6, 6.07) is 2.21. The van der Waals surface area contributed by atoms with Crippen LogP contribution in [0.2, 0.25) is 0 Å². The third-order valence-corrected chi connectivity index (χ3v) is 4.24. The molecule has 1 fully saturated rings. The molecule has 0 spiro atoms. The molecular weight excluding hydrogens is 236 g/mol. The molecule has 2 N–H and O–H groups in total. The van der Waals surface area contributed by atoms with Crippen LogP contribution in [0.5, 0.6) is 0 Å². The van der Waals surface area contributed by atoms with Crippen LogP contribution in [0.3, 0.4) is 0 Å². The molecule has 1 unspecified atom stereocenters. The lowest BCUT2D eigenvalue weighted by Crippen LogP contribution is -2.28. The van der Waals surface area contributed by atoms with Gasteiger partial charge in [-0.3, -0.25) is 0 Å². The number of nitrogens with zero attached hydrogens (tertiary/aromatic N) is 3. The maximum atomic E-state index is 9.15. The fraction of sp³-hybridized carbons (Fsp3) is 0.667. The molecule has 0 aliphatic carbocycles. The van der Waals surface area contributed by atoms with Gasteiger partial charge in [0.15, 0.2) is 0 Å². The molecule has 0 amide bonds. The van der Waals surface area contributed by atoms with Crippen LogP contribution in [0.1, 0.15) is 36.6 Å². The number of nitrogen functional groups attached to an aromatic ring is 1. The minimum atomic E-state index is 0.553. The van der Waals surface area contributed by atoms with Crippen molar-refractivity contribution in [1.82, 2.24) is 9.47 Å². The molecule has 1 saturated heterocycles. The van der Waals surface area contributed by atoms with E-state index in [9.17, 15) is 0 Å². The number of hydrogen-bond acceptors (Lipinski definition) is 3. The molecule has 19 heavy (non-hydrogen) atoms. The van der Waals surface area contributed by atoms with E-state index in [1.807, 2.05) is 6.92 Å². The number of nitriles is 1. The zero-order valence-electron chi connectivity index (χ0n) is 12.2. The second-order valence-electron chi connectivity index (χ2n) is 5.81.